The largest absolute Gasteiger partial charge is 0.488 e. The molecule has 2 aromatic carbocycles. The van der Waals surface area contributed by atoms with Crippen molar-refractivity contribution >= 4 is 9.84 Å². The predicted molar refractivity (Wildman–Crippen MR) is 130 cm³/mol. The molecule has 0 amide bonds. The van der Waals surface area contributed by atoms with Gasteiger partial charge in [0.25, 0.3) is 0 Å². The molecule has 0 unspecified atom stereocenters. The summed E-state index contributed by atoms with van der Waals surface area (Å²) in [4.78, 5) is 7.72. The van der Waals surface area contributed by atoms with Crippen molar-refractivity contribution < 1.29 is 31.8 Å². The van der Waals surface area contributed by atoms with E-state index in [1.807, 2.05) is 31.2 Å². The molecule has 0 aliphatic rings. The van der Waals surface area contributed by atoms with Crippen LogP contribution in [0.4, 0.5) is 0 Å². The van der Waals surface area contributed by atoms with Gasteiger partial charge in [0.1, 0.15) is 35.2 Å². The second-order valence-electron chi connectivity index (χ2n) is 7.90. The predicted octanol–water partition coefficient (Wildman–Crippen LogP) is 4.95. The monoisotopic (exact) mass is 498 g/mol. The van der Waals surface area contributed by atoms with Crippen LogP contribution in [0.15, 0.2) is 70.1 Å². The van der Waals surface area contributed by atoms with Crippen molar-refractivity contribution in [3.05, 3.63) is 60.8 Å². The van der Waals surface area contributed by atoms with Gasteiger partial charge in [-0.25, -0.2) is 13.4 Å². The van der Waals surface area contributed by atoms with Crippen molar-refractivity contribution in [3.63, 3.8) is 0 Å². The first-order valence-electron chi connectivity index (χ1n) is 10.7. The highest BCUT2D eigenvalue weighted by Crippen LogP contribution is 2.34. The lowest BCUT2D eigenvalue weighted by Crippen LogP contribution is -2.17. The second kappa shape index (κ2) is 10.2. The maximum absolute atomic E-state index is 11.7. The molecular weight excluding hydrogens is 472 g/mol. The zero-order valence-corrected chi connectivity index (χ0v) is 20.6. The number of hydrogen-bond acceptors (Lipinski definition) is 8. The second-order valence-corrected chi connectivity index (χ2v) is 9.91. The summed E-state index contributed by atoms with van der Waals surface area (Å²) < 4.78 is 51.3. The van der Waals surface area contributed by atoms with Crippen LogP contribution < -0.4 is 14.2 Å². The van der Waals surface area contributed by atoms with Crippen molar-refractivity contribution in [1.29, 1.82) is 0 Å². The standard InChI is InChI=1S/C25H26N2O7S/c1-16(15-30-2)32-19-11-17(22-9-10-23(27-22)25-26-14-24(31-3)34-25)12-20(13-19)33-18-5-7-21(8-6-18)35(4,28)29/h5-14,16,27H,15H2,1-4H3/t16-/m0/s1. The normalized spacial score (nSPS) is 12.3. The number of sulfone groups is 1. The van der Waals surface area contributed by atoms with E-state index in [0.29, 0.717) is 41.4 Å². The minimum Gasteiger partial charge on any atom is -0.488 e. The molecule has 0 aliphatic carbocycles. The number of hydrogen-bond donors (Lipinski definition) is 1. The third-order valence-electron chi connectivity index (χ3n) is 5.02. The van der Waals surface area contributed by atoms with E-state index in [1.54, 1.807) is 25.3 Å². The molecular formula is C25H26N2O7S. The molecule has 0 spiro atoms. The van der Waals surface area contributed by atoms with Gasteiger partial charge in [-0.05, 0) is 55.5 Å². The van der Waals surface area contributed by atoms with Crippen molar-refractivity contribution in [2.45, 2.75) is 17.9 Å². The number of nitrogens with zero attached hydrogens (tertiary/aromatic N) is 1. The van der Waals surface area contributed by atoms with Crippen molar-refractivity contribution in [3.8, 4) is 46.0 Å². The Morgan fingerprint density at radius 3 is 2.34 bits per heavy atom. The summed E-state index contributed by atoms with van der Waals surface area (Å²) in [7, 11) is -0.169. The van der Waals surface area contributed by atoms with Gasteiger partial charge in [-0.15, -0.1) is 0 Å². The molecule has 2 heterocycles. The van der Waals surface area contributed by atoms with E-state index in [1.165, 1.54) is 25.4 Å². The van der Waals surface area contributed by atoms with Crippen molar-refractivity contribution in [1.82, 2.24) is 9.97 Å². The lowest BCUT2D eigenvalue weighted by atomic mass is 10.1. The SMILES string of the molecule is COC[C@H](C)Oc1cc(Oc2ccc(S(C)(=O)=O)cc2)cc(-c2ccc(-c3ncc(OC)o3)[nH]2)c1. The molecule has 0 aliphatic heterocycles. The fraction of sp³-hybridized carbons (Fsp3) is 0.240. The van der Waals surface area contributed by atoms with Crippen molar-refractivity contribution in [2.75, 3.05) is 27.1 Å². The summed E-state index contributed by atoms with van der Waals surface area (Å²) in [6, 6.07) is 15.5. The number of rotatable bonds is 10. The molecule has 0 saturated carbocycles. The molecule has 35 heavy (non-hydrogen) atoms. The lowest BCUT2D eigenvalue weighted by Gasteiger charge is -2.16. The number of ether oxygens (including phenoxy) is 4. The first-order chi connectivity index (χ1) is 16.7. The van der Waals surface area contributed by atoms with Gasteiger partial charge in [-0.3, -0.25) is 0 Å². The molecule has 0 bridgehead atoms. The van der Waals surface area contributed by atoms with Gasteiger partial charge >= 0.3 is 5.95 Å². The van der Waals surface area contributed by atoms with Crippen LogP contribution in [0.3, 0.4) is 0 Å². The van der Waals surface area contributed by atoms with Crippen LogP contribution in [0.2, 0.25) is 0 Å². The smallest absolute Gasteiger partial charge is 0.305 e. The van der Waals surface area contributed by atoms with Gasteiger partial charge < -0.3 is 28.3 Å². The average Bonchev–Trinajstić information content (AvgIpc) is 3.48. The Bertz CT molecular complexity index is 1390. The summed E-state index contributed by atoms with van der Waals surface area (Å²) in [6.45, 7) is 2.33. The van der Waals surface area contributed by atoms with Gasteiger partial charge in [0.15, 0.2) is 9.84 Å². The van der Waals surface area contributed by atoms with Crippen LogP contribution in [-0.4, -0.2) is 51.6 Å². The molecule has 4 rings (SSSR count). The topological polar surface area (TPSA) is 113 Å². The van der Waals surface area contributed by atoms with Crippen LogP contribution in [0.25, 0.3) is 22.8 Å². The quantitative estimate of drug-likeness (QED) is 0.327. The van der Waals surface area contributed by atoms with E-state index in [4.69, 9.17) is 23.4 Å². The molecule has 184 valence electrons. The van der Waals surface area contributed by atoms with Crippen LogP contribution in [0.1, 0.15) is 6.92 Å². The van der Waals surface area contributed by atoms with Crippen LogP contribution in [0, 0.1) is 0 Å². The summed E-state index contributed by atoms with van der Waals surface area (Å²) >= 11 is 0. The Labute approximate surface area is 203 Å². The maximum atomic E-state index is 11.7. The zero-order valence-electron chi connectivity index (χ0n) is 19.8. The Morgan fingerprint density at radius 1 is 0.971 bits per heavy atom. The van der Waals surface area contributed by atoms with Gasteiger partial charge in [0.2, 0.25) is 5.89 Å². The molecule has 1 N–H and O–H groups in total. The fourth-order valence-corrected chi connectivity index (χ4v) is 4.04. The third-order valence-corrected chi connectivity index (χ3v) is 6.15. The van der Waals surface area contributed by atoms with Gasteiger partial charge in [-0.2, -0.15) is 0 Å². The van der Waals surface area contributed by atoms with E-state index in [9.17, 15) is 8.42 Å². The number of methoxy groups -OCH3 is 2. The number of aromatic nitrogens is 2. The lowest BCUT2D eigenvalue weighted by molar-refractivity contribution is 0.0920. The number of oxazole rings is 1. The summed E-state index contributed by atoms with van der Waals surface area (Å²) in [5.41, 5.74) is 2.28. The highest BCUT2D eigenvalue weighted by Gasteiger charge is 2.14. The Morgan fingerprint density at radius 2 is 1.69 bits per heavy atom. The summed E-state index contributed by atoms with van der Waals surface area (Å²) in [6.07, 6.45) is 2.48. The Kier molecular flexibility index (Phi) is 7.13. The molecule has 4 aromatic rings. The number of benzene rings is 2. The molecule has 0 radical (unpaired) electrons. The summed E-state index contributed by atoms with van der Waals surface area (Å²) in [5.74, 6) is 2.31. The third kappa shape index (κ3) is 6.03. The average molecular weight is 499 g/mol. The highest BCUT2D eigenvalue weighted by molar-refractivity contribution is 7.90. The molecule has 2 aromatic heterocycles. The first-order valence-corrected chi connectivity index (χ1v) is 12.6. The van der Waals surface area contributed by atoms with E-state index in [0.717, 1.165) is 17.5 Å². The molecule has 9 nitrogen and oxygen atoms in total. The molecule has 0 fully saturated rings. The van der Waals surface area contributed by atoms with Crippen LogP contribution >= 0.6 is 0 Å². The summed E-state index contributed by atoms with van der Waals surface area (Å²) in [5, 5.41) is 0. The number of H-pyrrole nitrogens is 1. The Hall–Kier alpha value is -3.76. The maximum Gasteiger partial charge on any atom is 0.305 e. The van der Waals surface area contributed by atoms with Crippen LogP contribution in [-0.2, 0) is 14.6 Å². The van der Waals surface area contributed by atoms with Gasteiger partial charge in [-0.1, -0.05) is 0 Å². The molecule has 1 atom stereocenters. The highest BCUT2D eigenvalue weighted by atomic mass is 32.2. The van der Waals surface area contributed by atoms with Gasteiger partial charge in [0, 0.05) is 30.7 Å². The van der Waals surface area contributed by atoms with Gasteiger partial charge in [0.05, 0.1) is 18.6 Å². The minimum absolute atomic E-state index is 0.184. The first kappa shape index (κ1) is 24.4. The minimum atomic E-state index is -3.29. The van der Waals surface area contributed by atoms with Crippen LogP contribution in [0.5, 0.6) is 23.2 Å². The van der Waals surface area contributed by atoms with Crippen molar-refractivity contribution in [2.24, 2.45) is 0 Å². The van der Waals surface area contributed by atoms with E-state index >= 15 is 0 Å². The molecule has 0 saturated heterocycles. The van der Waals surface area contributed by atoms with E-state index in [-0.39, 0.29) is 11.0 Å². The zero-order chi connectivity index (χ0) is 25.0. The number of aromatic amines is 1. The molecule has 10 heteroatoms. The fourth-order valence-electron chi connectivity index (χ4n) is 3.41. The Balaban J connectivity index is 1.65. The van der Waals surface area contributed by atoms with E-state index < -0.39 is 9.84 Å². The number of nitrogens with one attached hydrogen (secondary N) is 1. The van der Waals surface area contributed by atoms with E-state index in [2.05, 4.69) is 9.97 Å².